The van der Waals surface area contributed by atoms with Crippen LogP contribution in [0.2, 0.25) is 0 Å². The molecule has 1 aromatic rings. The third-order valence-electron chi connectivity index (χ3n) is 4.30. The standard InChI is InChI=1S/C15H23NO2/c1-11-13(17-2)7-6-12(14(11)18-3)15(10-16)8-4-5-9-15/h6-7H,4-5,8-10,16H2,1-3H3. The molecule has 1 saturated carbocycles. The van der Waals surface area contributed by atoms with Crippen molar-refractivity contribution in [2.45, 2.75) is 38.0 Å². The van der Waals surface area contributed by atoms with Gasteiger partial charge in [0.1, 0.15) is 11.5 Å². The normalized spacial score (nSPS) is 17.8. The van der Waals surface area contributed by atoms with Gasteiger partial charge in [-0.25, -0.2) is 0 Å². The van der Waals surface area contributed by atoms with Crippen LogP contribution < -0.4 is 15.2 Å². The van der Waals surface area contributed by atoms with Crippen LogP contribution in [0.25, 0.3) is 0 Å². The predicted molar refractivity (Wildman–Crippen MR) is 73.5 cm³/mol. The number of nitrogens with two attached hydrogens (primary N) is 1. The van der Waals surface area contributed by atoms with Crippen LogP contribution in [0.5, 0.6) is 11.5 Å². The first-order valence-corrected chi connectivity index (χ1v) is 6.60. The minimum Gasteiger partial charge on any atom is -0.496 e. The quantitative estimate of drug-likeness (QED) is 0.892. The van der Waals surface area contributed by atoms with E-state index in [2.05, 4.69) is 6.07 Å². The Balaban J connectivity index is 2.53. The van der Waals surface area contributed by atoms with Gasteiger partial charge < -0.3 is 15.2 Å². The Hall–Kier alpha value is -1.22. The maximum Gasteiger partial charge on any atom is 0.129 e. The molecule has 3 nitrogen and oxygen atoms in total. The van der Waals surface area contributed by atoms with Gasteiger partial charge in [-0.05, 0) is 25.8 Å². The molecule has 0 spiro atoms. The predicted octanol–water partition coefficient (Wildman–Crippen LogP) is 2.78. The van der Waals surface area contributed by atoms with Crippen molar-refractivity contribution in [3.05, 3.63) is 23.3 Å². The second kappa shape index (κ2) is 5.19. The van der Waals surface area contributed by atoms with Crippen LogP contribution in [0.3, 0.4) is 0 Å². The molecule has 0 bridgehead atoms. The Morgan fingerprint density at radius 3 is 2.33 bits per heavy atom. The molecule has 18 heavy (non-hydrogen) atoms. The molecule has 0 heterocycles. The summed E-state index contributed by atoms with van der Waals surface area (Å²) in [5, 5.41) is 0. The summed E-state index contributed by atoms with van der Waals surface area (Å²) in [6, 6.07) is 4.16. The molecule has 1 aliphatic rings. The van der Waals surface area contributed by atoms with E-state index in [4.69, 9.17) is 15.2 Å². The van der Waals surface area contributed by atoms with Gasteiger partial charge in [-0.15, -0.1) is 0 Å². The molecule has 0 aliphatic heterocycles. The molecule has 2 N–H and O–H groups in total. The average Bonchev–Trinajstić information content (AvgIpc) is 2.88. The van der Waals surface area contributed by atoms with E-state index in [-0.39, 0.29) is 5.41 Å². The third kappa shape index (κ3) is 1.97. The second-order valence-corrected chi connectivity index (χ2v) is 5.17. The van der Waals surface area contributed by atoms with Gasteiger partial charge in [0.15, 0.2) is 0 Å². The first-order valence-electron chi connectivity index (χ1n) is 6.60. The van der Waals surface area contributed by atoms with Gasteiger partial charge in [0, 0.05) is 23.1 Å². The van der Waals surface area contributed by atoms with E-state index in [1.165, 1.54) is 18.4 Å². The van der Waals surface area contributed by atoms with Crippen molar-refractivity contribution in [3.63, 3.8) is 0 Å². The zero-order chi connectivity index (χ0) is 13.2. The summed E-state index contributed by atoms with van der Waals surface area (Å²) in [7, 11) is 3.42. The van der Waals surface area contributed by atoms with Crippen LogP contribution in [0.1, 0.15) is 36.8 Å². The fourth-order valence-corrected chi connectivity index (χ4v) is 3.21. The summed E-state index contributed by atoms with van der Waals surface area (Å²) in [5.41, 5.74) is 8.48. The van der Waals surface area contributed by atoms with Crippen molar-refractivity contribution >= 4 is 0 Å². The van der Waals surface area contributed by atoms with E-state index in [0.29, 0.717) is 6.54 Å². The molecular formula is C15H23NO2. The minimum atomic E-state index is 0.0996. The SMILES string of the molecule is COc1ccc(C2(CN)CCCC2)c(OC)c1C. The third-order valence-corrected chi connectivity index (χ3v) is 4.30. The summed E-state index contributed by atoms with van der Waals surface area (Å²) in [4.78, 5) is 0. The number of methoxy groups -OCH3 is 2. The van der Waals surface area contributed by atoms with Gasteiger partial charge in [0.2, 0.25) is 0 Å². The van der Waals surface area contributed by atoms with Gasteiger partial charge in [-0.2, -0.15) is 0 Å². The molecule has 0 aromatic heterocycles. The number of ether oxygens (including phenoxy) is 2. The molecule has 0 amide bonds. The number of benzene rings is 1. The Labute approximate surface area is 109 Å². The lowest BCUT2D eigenvalue weighted by Crippen LogP contribution is -2.32. The Kier molecular flexibility index (Phi) is 3.81. The van der Waals surface area contributed by atoms with E-state index in [1.54, 1.807) is 14.2 Å². The number of hydrogen-bond acceptors (Lipinski definition) is 3. The van der Waals surface area contributed by atoms with E-state index in [0.717, 1.165) is 29.9 Å². The van der Waals surface area contributed by atoms with Crippen molar-refractivity contribution < 1.29 is 9.47 Å². The Bertz CT molecular complexity index is 423. The lowest BCUT2D eigenvalue weighted by atomic mass is 9.77. The molecule has 1 aliphatic carbocycles. The highest BCUT2D eigenvalue weighted by Gasteiger charge is 2.37. The van der Waals surface area contributed by atoms with Gasteiger partial charge >= 0.3 is 0 Å². The van der Waals surface area contributed by atoms with Crippen LogP contribution in [-0.2, 0) is 5.41 Å². The zero-order valence-corrected chi connectivity index (χ0v) is 11.6. The minimum absolute atomic E-state index is 0.0996. The molecule has 3 heteroatoms. The maximum atomic E-state index is 6.06. The van der Waals surface area contributed by atoms with Gasteiger partial charge in [-0.1, -0.05) is 18.9 Å². The lowest BCUT2D eigenvalue weighted by molar-refractivity contribution is 0.364. The molecular weight excluding hydrogens is 226 g/mol. The highest BCUT2D eigenvalue weighted by molar-refractivity contribution is 5.52. The summed E-state index contributed by atoms with van der Waals surface area (Å²) >= 11 is 0. The zero-order valence-electron chi connectivity index (χ0n) is 11.6. The number of rotatable bonds is 4. The average molecular weight is 249 g/mol. The largest absolute Gasteiger partial charge is 0.496 e. The van der Waals surface area contributed by atoms with Crippen molar-refractivity contribution in [1.29, 1.82) is 0 Å². The van der Waals surface area contributed by atoms with Crippen molar-refractivity contribution in [1.82, 2.24) is 0 Å². The van der Waals surface area contributed by atoms with Gasteiger partial charge in [-0.3, -0.25) is 0 Å². The van der Waals surface area contributed by atoms with Crippen LogP contribution in [0, 0.1) is 6.92 Å². The first kappa shape index (κ1) is 13.2. The van der Waals surface area contributed by atoms with Crippen LogP contribution >= 0.6 is 0 Å². The summed E-state index contributed by atoms with van der Waals surface area (Å²) in [6.07, 6.45) is 4.83. The highest BCUT2D eigenvalue weighted by Crippen LogP contribution is 2.46. The summed E-state index contributed by atoms with van der Waals surface area (Å²) < 4.78 is 11.0. The summed E-state index contributed by atoms with van der Waals surface area (Å²) in [6.45, 7) is 2.73. The topological polar surface area (TPSA) is 44.5 Å². The van der Waals surface area contributed by atoms with E-state index < -0.39 is 0 Å². The number of hydrogen-bond donors (Lipinski definition) is 1. The molecule has 0 atom stereocenters. The fraction of sp³-hybridized carbons (Fsp3) is 0.600. The van der Waals surface area contributed by atoms with E-state index in [9.17, 15) is 0 Å². The maximum absolute atomic E-state index is 6.06. The first-order chi connectivity index (χ1) is 8.68. The second-order valence-electron chi connectivity index (χ2n) is 5.17. The molecule has 1 aromatic carbocycles. The lowest BCUT2D eigenvalue weighted by Gasteiger charge is -2.30. The van der Waals surface area contributed by atoms with Gasteiger partial charge in [0.25, 0.3) is 0 Å². The molecule has 1 fully saturated rings. The Morgan fingerprint density at radius 1 is 1.17 bits per heavy atom. The van der Waals surface area contributed by atoms with Crippen LogP contribution in [0.4, 0.5) is 0 Å². The molecule has 2 rings (SSSR count). The highest BCUT2D eigenvalue weighted by atomic mass is 16.5. The smallest absolute Gasteiger partial charge is 0.129 e. The van der Waals surface area contributed by atoms with Crippen LogP contribution in [-0.4, -0.2) is 20.8 Å². The van der Waals surface area contributed by atoms with Crippen molar-refractivity contribution in [3.8, 4) is 11.5 Å². The Morgan fingerprint density at radius 2 is 1.83 bits per heavy atom. The van der Waals surface area contributed by atoms with Gasteiger partial charge in [0.05, 0.1) is 14.2 Å². The van der Waals surface area contributed by atoms with Crippen molar-refractivity contribution in [2.24, 2.45) is 5.73 Å². The molecule has 100 valence electrons. The van der Waals surface area contributed by atoms with Crippen LogP contribution in [0.15, 0.2) is 12.1 Å². The van der Waals surface area contributed by atoms with E-state index in [1.807, 2.05) is 13.0 Å². The van der Waals surface area contributed by atoms with Crippen molar-refractivity contribution in [2.75, 3.05) is 20.8 Å². The van der Waals surface area contributed by atoms with E-state index >= 15 is 0 Å². The monoisotopic (exact) mass is 249 g/mol. The molecule has 0 unspecified atom stereocenters. The molecule has 0 radical (unpaired) electrons. The fourth-order valence-electron chi connectivity index (χ4n) is 3.21. The summed E-state index contributed by atoms with van der Waals surface area (Å²) in [5.74, 6) is 1.82. The molecule has 0 saturated heterocycles.